The van der Waals surface area contributed by atoms with Gasteiger partial charge in [0.25, 0.3) is 0 Å². The van der Waals surface area contributed by atoms with E-state index in [1.165, 1.54) is 9.87 Å². The summed E-state index contributed by atoms with van der Waals surface area (Å²) in [4.78, 5) is 13.1. The van der Waals surface area contributed by atoms with E-state index in [4.69, 9.17) is 11.6 Å². The second-order valence-corrected chi connectivity index (χ2v) is 9.78. The van der Waals surface area contributed by atoms with E-state index in [1.807, 2.05) is 20.8 Å². The predicted molar refractivity (Wildman–Crippen MR) is 120 cm³/mol. The molecule has 1 amide bonds. The third kappa shape index (κ3) is 5.52. The van der Waals surface area contributed by atoms with Crippen LogP contribution >= 0.6 is 11.6 Å². The normalized spacial score (nSPS) is 13.6. The molecule has 0 spiro atoms. The minimum Gasteiger partial charge on any atom is -0.348 e. The SMILES string of the molecule is CCC(C(=O)NC(C)c1cc(C)c(C)cc1C)N(c1ccc(Cl)cc1)S(C)(=O)=O. The van der Waals surface area contributed by atoms with Crippen LogP contribution < -0.4 is 9.62 Å². The minimum atomic E-state index is -3.68. The van der Waals surface area contributed by atoms with Gasteiger partial charge in [-0.05, 0) is 80.6 Å². The van der Waals surface area contributed by atoms with Gasteiger partial charge in [-0.3, -0.25) is 9.10 Å². The van der Waals surface area contributed by atoms with Gasteiger partial charge in [-0.2, -0.15) is 0 Å². The molecule has 0 saturated heterocycles. The van der Waals surface area contributed by atoms with Crippen molar-refractivity contribution in [1.29, 1.82) is 0 Å². The summed E-state index contributed by atoms with van der Waals surface area (Å²) in [6.45, 7) is 9.81. The molecule has 158 valence electrons. The van der Waals surface area contributed by atoms with Crippen LogP contribution in [0.1, 0.15) is 48.6 Å². The summed E-state index contributed by atoms with van der Waals surface area (Å²) in [5, 5.41) is 3.50. The highest BCUT2D eigenvalue weighted by Gasteiger charge is 2.32. The molecule has 0 radical (unpaired) electrons. The first-order chi connectivity index (χ1) is 13.5. The number of carbonyl (C=O) groups is 1. The number of hydrogen-bond donors (Lipinski definition) is 1. The number of sulfonamides is 1. The summed E-state index contributed by atoms with van der Waals surface area (Å²) in [6.07, 6.45) is 1.44. The van der Waals surface area contributed by atoms with Crippen LogP contribution in [-0.2, 0) is 14.8 Å². The Morgan fingerprint density at radius 3 is 2.14 bits per heavy atom. The van der Waals surface area contributed by atoms with Crippen LogP contribution in [0.4, 0.5) is 5.69 Å². The molecule has 5 nitrogen and oxygen atoms in total. The van der Waals surface area contributed by atoms with Crippen molar-refractivity contribution in [2.75, 3.05) is 10.6 Å². The lowest BCUT2D eigenvalue weighted by Crippen LogP contribution is -2.49. The number of nitrogens with one attached hydrogen (secondary N) is 1. The number of halogens is 1. The lowest BCUT2D eigenvalue weighted by molar-refractivity contribution is -0.122. The topological polar surface area (TPSA) is 66.5 Å². The molecule has 1 N–H and O–H groups in total. The number of anilines is 1. The minimum absolute atomic E-state index is 0.248. The molecule has 0 aliphatic carbocycles. The summed E-state index contributed by atoms with van der Waals surface area (Å²) in [5.74, 6) is -0.335. The summed E-state index contributed by atoms with van der Waals surface area (Å²) in [7, 11) is -3.68. The lowest BCUT2D eigenvalue weighted by Gasteiger charge is -2.31. The Bertz CT molecular complexity index is 988. The van der Waals surface area contributed by atoms with Crippen molar-refractivity contribution in [1.82, 2.24) is 5.32 Å². The van der Waals surface area contributed by atoms with E-state index in [2.05, 4.69) is 24.4 Å². The Hall–Kier alpha value is -2.05. The van der Waals surface area contributed by atoms with Gasteiger partial charge in [0.1, 0.15) is 6.04 Å². The molecular weight excluding hydrogens is 408 g/mol. The third-order valence-corrected chi connectivity index (χ3v) is 6.55. The van der Waals surface area contributed by atoms with Gasteiger partial charge in [0.05, 0.1) is 18.0 Å². The van der Waals surface area contributed by atoms with Crippen LogP contribution in [0.25, 0.3) is 0 Å². The van der Waals surface area contributed by atoms with Gasteiger partial charge in [-0.15, -0.1) is 0 Å². The Kier molecular flexibility index (Phi) is 7.35. The lowest BCUT2D eigenvalue weighted by atomic mass is 9.96. The molecule has 7 heteroatoms. The van der Waals surface area contributed by atoms with Gasteiger partial charge in [0.15, 0.2) is 0 Å². The average Bonchev–Trinajstić information content (AvgIpc) is 2.62. The van der Waals surface area contributed by atoms with Crippen LogP contribution in [0, 0.1) is 20.8 Å². The van der Waals surface area contributed by atoms with Gasteiger partial charge >= 0.3 is 0 Å². The number of rotatable bonds is 7. The maximum absolute atomic E-state index is 13.1. The first kappa shape index (κ1) is 23.2. The zero-order valence-corrected chi connectivity index (χ0v) is 19.4. The quantitative estimate of drug-likeness (QED) is 0.684. The Morgan fingerprint density at radius 1 is 1.07 bits per heavy atom. The maximum atomic E-state index is 13.1. The van der Waals surface area contributed by atoms with Crippen LogP contribution in [0.5, 0.6) is 0 Å². The third-order valence-electron chi connectivity index (χ3n) is 5.12. The van der Waals surface area contributed by atoms with Crippen molar-refractivity contribution in [3.05, 3.63) is 63.7 Å². The van der Waals surface area contributed by atoms with Gasteiger partial charge in [0.2, 0.25) is 15.9 Å². The van der Waals surface area contributed by atoms with Crippen molar-refractivity contribution in [2.24, 2.45) is 0 Å². The molecule has 2 atom stereocenters. The number of benzene rings is 2. The number of carbonyl (C=O) groups excluding carboxylic acids is 1. The fourth-order valence-electron chi connectivity index (χ4n) is 3.48. The molecule has 2 aromatic carbocycles. The van der Waals surface area contributed by atoms with Crippen LogP contribution in [0.3, 0.4) is 0 Å². The van der Waals surface area contributed by atoms with Gasteiger partial charge in [-0.25, -0.2) is 8.42 Å². The summed E-state index contributed by atoms with van der Waals surface area (Å²) in [6, 6.07) is 9.50. The highest BCUT2D eigenvalue weighted by Crippen LogP contribution is 2.26. The van der Waals surface area contributed by atoms with E-state index in [0.717, 1.165) is 22.9 Å². The van der Waals surface area contributed by atoms with E-state index >= 15 is 0 Å². The second-order valence-electron chi connectivity index (χ2n) is 7.48. The maximum Gasteiger partial charge on any atom is 0.244 e. The fourth-order valence-corrected chi connectivity index (χ4v) is 4.82. The summed E-state index contributed by atoms with van der Waals surface area (Å²) < 4.78 is 26.2. The van der Waals surface area contributed by atoms with Crippen molar-refractivity contribution >= 4 is 33.2 Å². The first-order valence-electron chi connectivity index (χ1n) is 9.58. The molecule has 0 fully saturated rings. The molecule has 0 aromatic heterocycles. The monoisotopic (exact) mass is 436 g/mol. The molecule has 0 aliphatic rings. The van der Waals surface area contributed by atoms with Gasteiger partial charge in [0, 0.05) is 5.02 Å². The van der Waals surface area contributed by atoms with Crippen molar-refractivity contribution in [2.45, 2.75) is 53.1 Å². The van der Waals surface area contributed by atoms with Crippen LogP contribution in [-0.4, -0.2) is 26.6 Å². The molecule has 0 bridgehead atoms. The van der Waals surface area contributed by atoms with Gasteiger partial charge in [-0.1, -0.05) is 30.7 Å². The Labute approximate surface area is 179 Å². The highest BCUT2D eigenvalue weighted by atomic mass is 35.5. The molecule has 2 aromatic rings. The molecule has 2 unspecified atom stereocenters. The average molecular weight is 437 g/mol. The number of nitrogens with zero attached hydrogens (tertiary/aromatic N) is 1. The Morgan fingerprint density at radius 2 is 1.62 bits per heavy atom. The zero-order chi connectivity index (χ0) is 21.9. The predicted octanol–water partition coefficient (Wildman–Crippen LogP) is 4.69. The summed E-state index contributed by atoms with van der Waals surface area (Å²) >= 11 is 5.93. The van der Waals surface area contributed by atoms with Gasteiger partial charge < -0.3 is 5.32 Å². The van der Waals surface area contributed by atoms with Crippen molar-refractivity contribution < 1.29 is 13.2 Å². The highest BCUT2D eigenvalue weighted by molar-refractivity contribution is 7.92. The van der Waals surface area contributed by atoms with E-state index in [-0.39, 0.29) is 11.9 Å². The molecule has 29 heavy (non-hydrogen) atoms. The zero-order valence-electron chi connectivity index (χ0n) is 17.8. The van der Waals surface area contributed by atoms with Crippen molar-refractivity contribution in [3.8, 4) is 0 Å². The van der Waals surface area contributed by atoms with E-state index < -0.39 is 16.1 Å². The number of amides is 1. The van der Waals surface area contributed by atoms with Crippen LogP contribution in [0.15, 0.2) is 36.4 Å². The molecule has 2 rings (SSSR count). The molecule has 0 heterocycles. The Balaban J connectivity index is 2.34. The molecule has 0 aliphatic heterocycles. The van der Waals surface area contributed by atoms with Crippen LogP contribution in [0.2, 0.25) is 5.02 Å². The smallest absolute Gasteiger partial charge is 0.244 e. The molecular formula is C22H29ClN2O3S. The standard InChI is InChI=1S/C22H29ClN2O3S/c1-7-21(25(29(6,27)28)19-10-8-18(23)9-11-19)22(26)24-17(5)20-13-15(3)14(2)12-16(20)4/h8-13,17,21H,7H2,1-6H3,(H,24,26). The van der Waals surface area contributed by atoms with E-state index in [0.29, 0.717) is 17.1 Å². The molecule has 0 saturated carbocycles. The number of aryl methyl sites for hydroxylation is 3. The number of hydrogen-bond acceptors (Lipinski definition) is 3. The first-order valence-corrected chi connectivity index (χ1v) is 11.8. The van der Waals surface area contributed by atoms with E-state index in [9.17, 15) is 13.2 Å². The summed E-state index contributed by atoms with van der Waals surface area (Å²) in [5.41, 5.74) is 4.87. The second kappa shape index (κ2) is 9.18. The largest absolute Gasteiger partial charge is 0.348 e. The van der Waals surface area contributed by atoms with Crippen molar-refractivity contribution in [3.63, 3.8) is 0 Å². The fraction of sp³-hybridized carbons (Fsp3) is 0.409. The van der Waals surface area contributed by atoms with E-state index in [1.54, 1.807) is 31.2 Å².